The van der Waals surface area contributed by atoms with Gasteiger partial charge in [-0.05, 0) is 29.7 Å². The Balaban J connectivity index is 2.09. The van der Waals surface area contributed by atoms with Crippen molar-refractivity contribution in [1.82, 2.24) is 4.98 Å². The quantitative estimate of drug-likeness (QED) is 0.772. The van der Waals surface area contributed by atoms with Gasteiger partial charge in [0.05, 0.1) is 20.8 Å². The van der Waals surface area contributed by atoms with E-state index in [-0.39, 0.29) is 11.4 Å². The smallest absolute Gasteiger partial charge is 0.337 e. The fourth-order valence-corrected chi connectivity index (χ4v) is 2.86. The van der Waals surface area contributed by atoms with Crippen LogP contribution in [0.2, 0.25) is 0 Å². The molecule has 0 bridgehead atoms. The summed E-state index contributed by atoms with van der Waals surface area (Å²) in [7, 11) is 0. The molecule has 0 fully saturated rings. The highest BCUT2D eigenvalue weighted by Crippen LogP contribution is 2.33. The summed E-state index contributed by atoms with van der Waals surface area (Å²) in [4.78, 5) is 15.7. The molecule has 1 N–H and O–H groups in total. The first-order valence-corrected chi connectivity index (χ1v) is 6.34. The number of thiophene rings is 1. The lowest BCUT2D eigenvalue weighted by Gasteiger charge is -1.97. The first kappa shape index (κ1) is 11.8. The van der Waals surface area contributed by atoms with Crippen LogP contribution in [0.15, 0.2) is 42.6 Å². The monoisotopic (exact) mass is 273 g/mol. The van der Waals surface area contributed by atoms with E-state index in [2.05, 4.69) is 4.98 Å². The Bertz CT molecular complexity index is 765. The van der Waals surface area contributed by atoms with Crippen molar-refractivity contribution in [1.29, 1.82) is 0 Å². The third-order valence-electron chi connectivity index (χ3n) is 2.76. The summed E-state index contributed by atoms with van der Waals surface area (Å²) in [5.74, 6) is -1.27. The number of rotatable bonds is 2. The molecule has 1 aromatic carbocycles. The van der Waals surface area contributed by atoms with Crippen molar-refractivity contribution >= 4 is 27.4 Å². The average molecular weight is 273 g/mol. The predicted octanol–water partition coefficient (Wildman–Crippen LogP) is 3.80. The maximum absolute atomic E-state index is 13.6. The molecule has 0 spiro atoms. The van der Waals surface area contributed by atoms with Crippen molar-refractivity contribution in [3.8, 4) is 10.6 Å². The number of pyridine rings is 1. The Labute approximate surface area is 112 Å². The number of aromatic nitrogens is 1. The summed E-state index contributed by atoms with van der Waals surface area (Å²) >= 11 is 1.31. The molecule has 94 valence electrons. The third-order valence-corrected chi connectivity index (χ3v) is 3.94. The zero-order valence-corrected chi connectivity index (χ0v) is 10.4. The van der Waals surface area contributed by atoms with Gasteiger partial charge in [0.2, 0.25) is 0 Å². The van der Waals surface area contributed by atoms with Crippen molar-refractivity contribution < 1.29 is 14.3 Å². The number of nitrogens with zero attached hydrogens (tertiary/aromatic N) is 1. The topological polar surface area (TPSA) is 50.2 Å². The first-order chi connectivity index (χ1) is 9.15. The molecule has 0 amide bonds. The van der Waals surface area contributed by atoms with Gasteiger partial charge in [-0.25, -0.2) is 9.18 Å². The molecule has 0 aliphatic carbocycles. The minimum atomic E-state index is -1.01. The molecule has 3 nitrogen and oxygen atoms in total. The Morgan fingerprint density at radius 1 is 1.26 bits per heavy atom. The Morgan fingerprint density at radius 3 is 2.74 bits per heavy atom. The fraction of sp³-hybridized carbons (Fsp3) is 0. The maximum atomic E-state index is 13.6. The lowest BCUT2D eigenvalue weighted by Crippen LogP contribution is -1.96. The molecule has 0 saturated carbocycles. The van der Waals surface area contributed by atoms with E-state index in [1.54, 1.807) is 12.1 Å². The van der Waals surface area contributed by atoms with Crippen molar-refractivity contribution in [2.24, 2.45) is 0 Å². The number of carboxylic acid groups (broad SMARTS) is 1. The number of hydrogen-bond donors (Lipinski definition) is 1. The van der Waals surface area contributed by atoms with Crippen LogP contribution in [0, 0.1) is 5.82 Å². The zero-order chi connectivity index (χ0) is 13.4. The van der Waals surface area contributed by atoms with Crippen molar-refractivity contribution in [2.75, 3.05) is 0 Å². The van der Waals surface area contributed by atoms with Crippen LogP contribution >= 0.6 is 11.3 Å². The molecule has 5 heteroatoms. The van der Waals surface area contributed by atoms with Crippen molar-refractivity contribution in [3.05, 3.63) is 54.0 Å². The summed E-state index contributed by atoms with van der Waals surface area (Å²) in [5, 5.41) is 9.63. The van der Waals surface area contributed by atoms with E-state index in [1.807, 2.05) is 12.1 Å². The molecule has 0 aliphatic rings. The zero-order valence-electron chi connectivity index (χ0n) is 9.63. The number of benzene rings is 1. The van der Waals surface area contributed by atoms with Gasteiger partial charge in [-0.2, -0.15) is 0 Å². The molecule has 0 radical (unpaired) electrons. The van der Waals surface area contributed by atoms with E-state index in [0.29, 0.717) is 10.4 Å². The second kappa shape index (κ2) is 4.44. The van der Waals surface area contributed by atoms with Gasteiger partial charge < -0.3 is 5.11 Å². The average Bonchev–Trinajstić information content (AvgIpc) is 2.84. The summed E-state index contributed by atoms with van der Waals surface area (Å²) in [6, 6.07) is 9.89. The van der Waals surface area contributed by atoms with Crippen LogP contribution < -0.4 is 0 Å². The van der Waals surface area contributed by atoms with E-state index in [9.17, 15) is 9.18 Å². The van der Waals surface area contributed by atoms with Gasteiger partial charge in [-0.3, -0.25) is 4.98 Å². The second-order valence-electron chi connectivity index (χ2n) is 4.01. The van der Waals surface area contributed by atoms with Gasteiger partial charge in [0.1, 0.15) is 5.82 Å². The number of fused-ring (bicyclic) bond motifs is 1. The Morgan fingerprint density at radius 2 is 2.11 bits per heavy atom. The van der Waals surface area contributed by atoms with E-state index in [1.165, 1.54) is 29.7 Å². The molecule has 3 aromatic rings. The number of halogens is 1. The normalized spacial score (nSPS) is 10.8. The van der Waals surface area contributed by atoms with E-state index >= 15 is 0 Å². The van der Waals surface area contributed by atoms with Gasteiger partial charge in [-0.15, -0.1) is 11.3 Å². The van der Waals surface area contributed by atoms with Crippen LogP contribution in [-0.4, -0.2) is 16.1 Å². The van der Waals surface area contributed by atoms with E-state index in [4.69, 9.17) is 5.11 Å². The van der Waals surface area contributed by atoms with Gasteiger partial charge in [-0.1, -0.05) is 12.1 Å². The van der Waals surface area contributed by atoms with Crippen LogP contribution in [0.1, 0.15) is 10.4 Å². The van der Waals surface area contributed by atoms with Crippen LogP contribution in [0.25, 0.3) is 20.7 Å². The number of aromatic carboxylic acids is 1. The maximum Gasteiger partial charge on any atom is 0.337 e. The molecular weight excluding hydrogens is 265 g/mol. The van der Waals surface area contributed by atoms with Crippen molar-refractivity contribution in [2.45, 2.75) is 0 Å². The van der Waals surface area contributed by atoms with Crippen molar-refractivity contribution in [3.63, 3.8) is 0 Å². The highest BCUT2D eigenvalue weighted by molar-refractivity contribution is 7.22. The second-order valence-corrected chi connectivity index (χ2v) is 5.06. The van der Waals surface area contributed by atoms with Crippen LogP contribution in [0.4, 0.5) is 4.39 Å². The molecule has 0 saturated heterocycles. The third kappa shape index (κ3) is 2.08. The van der Waals surface area contributed by atoms with Gasteiger partial charge in [0.15, 0.2) is 0 Å². The minimum Gasteiger partial charge on any atom is -0.478 e. The first-order valence-electron chi connectivity index (χ1n) is 5.53. The number of carbonyl (C=O) groups is 1. The summed E-state index contributed by atoms with van der Waals surface area (Å²) < 4.78 is 14.2. The molecule has 2 heterocycles. The van der Waals surface area contributed by atoms with E-state index in [0.717, 1.165) is 10.3 Å². The summed E-state index contributed by atoms with van der Waals surface area (Å²) in [6.45, 7) is 0. The SMILES string of the molecule is O=C(O)c1ccc(-c2cc3cccc(F)c3s2)nc1. The lowest BCUT2D eigenvalue weighted by molar-refractivity contribution is 0.0696. The standard InChI is InChI=1S/C14H8FNO2S/c15-10-3-1-2-8-6-12(19-13(8)10)11-5-4-9(7-16-11)14(17)18/h1-7H,(H,17,18). The molecule has 0 aliphatic heterocycles. The fourth-order valence-electron chi connectivity index (χ4n) is 1.82. The molecule has 0 unspecified atom stereocenters. The largest absolute Gasteiger partial charge is 0.478 e. The summed E-state index contributed by atoms with van der Waals surface area (Å²) in [6.07, 6.45) is 1.30. The molecule has 3 rings (SSSR count). The number of hydrogen-bond acceptors (Lipinski definition) is 3. The molecule has 19 heavy (non-hydrogen) atoms. The van der Waals surface area contributed by atoms with Crippen LogP contribution in [0.3, 0.4) is 0 Å². The van der Waals surface area contributed by atoms with E-state index < -0.39 is 5.97 Å². The minimum absolute atomic E-state index is 0.135. The molecular formula is C14H8FNO2S. The predicted molar refractivity (Wildman–Crippen MR) is 72.0 cm³/mol. The highest BCUT2D eigenvalue weighted by Gasteiger charge is 2.09. The lowest BCUT2D eigenvalue weighted by atomic mass is 10.2. The van der Waals surface area contributed by atoms with Crippen LogP contribution in [-0.2, 0) is 0 Å². The highest BCUT2D eigenvalue weighted by atomic mass is 32.1. The molecule has 0 atom stereocenters. The van der Waals surface area contributed by atoms with Gasteiger partial charge >= 0.3 is 5.97 Å². The summed E-state index contributed by atoms with van der Waals surface area (Å²) in [5.41, 5.74) is 0.779. The van der Waals surface area contributed by atoms with Gasteiger partial charge in [0.25, 0.3) is 0 Å². The Kier molecular flexibility index (Phi) is 2.76. The molecule has 2 aromatic heterocycles. The number of carboxylic acids is 1. The van der Waals surface area contributed by atoms with Gasteiger partial charge in [0, 0.05) is 6.20 Å². The van der Waals surface area contributed by atoms with Crippen LogP contribution in [0.5, 0.6) is 0 Å². The Hall–Kier alpha value is -2.27.